The molecule has 11 heteroatoms. The van der Waals surface area contributed by atoms with Crippen LogP contribution in [-0.4, -0.2) is 21.2 Å². The number of fused-ring (bicyclic) bond motifs is 2. The van der Waals surface area contributed by atoms with E-state index in [-0.39, 0.29) is 45.0 Å². The summed E-state index contributed by atoms with van der Waals surface area (Å²) in [5.74, 6) is 6.21. The number of oxazole rings is 1. The van der Waals surface area contributed by atoms with Crippen LogP contribution in [0.5, 0.6) is 11.8 Å². The maximum atomic E-state index is 12.5. The van der Waals surface area contributed by atoms with Gasteiger partial charge in [-0.2, -0.15) is 9.36 Å². The molecule has 6 rings (SSSR count). The van der Waals surface area contributed by atoms with Crippen LogP contribution in [0.2, 0.25) is 4.34 Å². The van der Waals surface area contributed by atoms with E-state index in [2.05, 4.69) is 26.5 Å². The number of nitrogens with zero attached hydrogens (tertiary/aromatic N) is 2. The minimum Gasteiger partial charge on any atom is -0.441 e. The van der Waals surface area contributed by atoms with Gasteiger partial charge in [0, 0.05) is 5.92 Å². The second kappa shape index (κ2) is 7.86. The van der Waals surface area contributed by atoms with E-state index in [0.717, 1.165) is 35.5 Å². The number of halogens is 1. The summed E-state index contributed by atoms with van der Waals surface area (Å²) in [6.07, 6.45) is 0.331. The Morgan fingerprint density at radius 2 is 2.09 bits per heavy atom. The third kappa shape index (κ3) is 3.55. The van der Waals surface area contributed by atoms with Crippen molar-refractivity contribution < 1.29 is 28.2 Å². The highest BCUT2D eigenvalue weighted by atomic mass is 35.5. The van der Waals surface area contributed by atoms with Gasteiger partial charge in [0.1, 0.15) is 16.1 Å². The summed E-state index contributed by atoms with van der Waals surface area (Å²) in [7, 11) is 0. The number of ether oxygens (including phenoxy) is 3. The van der Waals surface area contributed by atoms with Crippen molar-refractivity contribution in [3.05, 3.63) is 62.8 Å². The minimum absolute atomic E-state index is 0.000574. The molecule has 1 atom stereocenters. The van der Waals surface area contributed by atoms with Gasteiger partial charge in [-0.1, -0.05) is 35.9 Å². The highest BCUT2D eigenvalue weighted by Gasteiger charge is 2.67. The van der Waals surface area contributed by atoms with Crippen LogP contribution >= 0.6 is 23.1 Å². The van der Waals surface area contributed by atoms with Crippen molar-refractivity contribution in [3.8, 4) is 23.7 Å². The van der Waals surface area contributed by atoms with Crippen LogP contribution in [0, 0.1) is 24.2 Å². The maximum absolute atomic E-state index is 12.5. The van der Waals surface area contributed by atoms with Crippen molar-refractivity contribution in [2.45, 2.75) is 32.8 Å². The summed E-state index contributed by atoms with van der Waals surface area (Å²) < 4.78 is 26.7. The standard InChI is InChI=1S/C24H16ClN3O6S/c1-11-5-3-4-6-13(11)12(2)31-23(30)27-16-14(28-35-20(16)25)7-8-15-26-21-22(32-15)34-19-17(33-21)18(29)24(19)9-10-24/h3-6,12H,9-10H2,1-2H3,(H,27,30). The SMILES string of the molecule is Cc1ccccc1C(C)OC(=O)Nc1c(C#Cc2nc3c(o2)OC2=C(O3)C(=O)C23CC3)nsc1Cl. The largest absolute Gasteiger partial charge is 0.441 e. The third-order valence-corrected chi connectivity index (χ3v) is 7.10. The number of hydrogen-bond donors (Lipinski definition) is 1. The first kappa shape index (κ1) is 21.7. The number of benzene rings is 1. The van der Waals surface area contributed by atoms with Crippen molar-refractivity contribution in [1.82, 2.24) is 9.36 Å². The Morgan fingerprint density at radius 3 is 2.86 bits per heavy atom. The molecule has 2 aromatic heterocycles. The van der Waals surface area contributed by atoms with Crippen molar-refractivity contribution >= 4 is 40.7 Å². The number of anilines is 1. The minimum atomic E-state index is -0.692. The molecule has 1 spiro atoms. The smallest absolute Gasteiger partial charge is 0.412 e. The lowest BCUT2D eigenvalue weighted by Gasteiger charge is -2.31. The lowest BCUT2D eigenvalue weighted by molar-refractivity contribution is -0.127. The molecule has 1 saturated carbocycles. The van der Waals surface area contributed by atoms with E-state index in [1.807, 2.05) is 31.2 Å². The molecule has 35 heavy (non-hydrogen) atoms. The van der Waals surface area contributed by atoms with Gasteiger partial charge in [0.2, 0.25) is 11.5 Å². The second-order valence-corrected chi connectivity index (χ2v) is 9.72. The van der Waals surface area contributed by atoms with Crippen molar-refractivity contribution in [2.75, 3.05) is 5.32 Å². The Bertz CT molecular complexity index is 1510. The molecule has 2 aliphatic carbocycles. The molecule has 3 aromatic rings. The van der Waals surface area contributed by atoms with Crippen LogP contribution in [0.1, 0.15) is 48.6 Å². The van der Waals surface area contributed by atoms with Crippen LogP contribution in [-0.2, 0) is 9.53 Å². The highest BCUT2D eigenvalue weighted by molar-refractivity contribution is 7.11. The molecule has 9 nitrogen and oxygen atoms in total. The predicted molar refractivity (Wildman–Crippen MR) is 124 cm³/mol. The Hall–Kier alpha value is -3.81. The summed E-state index contributed by atoms with van der Waals surface area (Å²) >= 11 is 7.19. The molecule has 0 bridgehead atoms. The molecule has 3 heterocycles. The Labute approximate surface area is 208 Å². The molecule has 1 amide bonds. The Morgan fingerprint density at radius 1 is 1.29 bits per heavy atom. The fourth-order valence-electron chi connectivity index (χ4n) is 4.03. The Balaban J connectivity index is 1.16. The van der Waals surface area contributed by atoms with Gasteiger partial charge >= 0.3 is 17.9 Å². The quantitative estimate of drug-likeness (QED) is 0.482. The average Bonchev–Trinajstić information content (AvgIpc) is 3.49. The van der Waals surface area contributed by atoms with Crippen LogP contribution in [0.25, 0.3) is 0 Å². The van der Waals surface area contributed by atoms with E-state index in [0.29, 0.717) is 5.76 Å². The molecule has 1 fully saturated rings. The Kier molecular flexibility index (Phi) is 4.88. The molecular formula is C24H16ClN3O6S. The van der Waals surface area contributed by atoms with Crippen molar-refractivity contribution in [2.24, 2.45) is 5.41 Å². The number of amides is 1. The topological polar surface area (TPSA) is 113 Å². The van der Waals surface area contributed by atoms with Gasteiger partial charge in [-0.05, 0) is 55.3 Å². The number of aryl methyl sites for hydroxylation is 1. The van der Waals surface area contributed by atoms with E-state index in [1.165, 1.54) is 0 Å². The number of carbonyl (C=O) groups excluding carboxylic acids is 2. The summed E-state index contributed by atoms with van der Waals surface area (Å²) in [6, 6.07) is 7.64. The molecule has 1 aliphatic heterocycles. The van der Waals surface area contributed by atoms with Crippen LogP contribution in [0.3, 0.4) is 0 Å². The van der Waals surface area contributed by atoms with E-state index in [9.17, 15) is 9.59 Å². The van der Waals surface area contributed by atoms with Crippen molar-refractivity contribution in [3.63, 3.8) is 0 Å². The molecule has 176 valence electrons. The summed E-state index contributed by atoms with van der Waals surface area (Å²) in [5, 5.41) is 2.61. The molecular weight excluding hydrogens is 494 g/mol. The van der Waals surface area contributed by atoms with Crippen LogP contribution < -0.4 is 14.8 Å². The first-order valence-electron chi connectivity index (χ1n) is 10.7. The number of rotatable bonds is 3. The first-order chi connectivity index (χ1) is 16.9. The molecule has 3 aliphatic rings. The zero-order chi connectivity index (χ0) is 24.3. The number of Topliss-reactive ketones (excluding diaryl/α,β-unsaturated/α-hetero) is 1. The molecule has 0 saturated heterocycles. The molecule has 1 aromatic carbocycles. The van der Waals surface area contributed by atoms with E-state index < -0.39 is 17.6 Å². The highest BCUT2D eigenvalue weighted by Crippen LogP contribution is 2.63. The lowest BCUT2D eigenvalue weighted by Crippen LogP contribution is -2.40. The van der Waals surface area contributed by atoms with Gasteiger partial charge in [0.05, 0.1) is 5.41 Å². The zero-order valence-corrected chi connectivity index (χ0v) is 20.0. The summed E-state index contributed by atoms with van der Waals surface area (Å²) in [6.45, 7) is 3.73. The zero-order valence-electron chi connectivity index (χ0n) is 18.4. The van der Waals surface area contributed by atoms with Crippen LogP contribution in [0.15, 0.2) is 40.2 Å². The fraction of sp³-hybridized carbons (Fsp3) is 0.250. The average molecular weight is 510 g/mol. The fourth-order valence-corrected chi connectivity index (χ4v) is 4.82. The number of hydrogen-bond acceptors (Lipinski definition) is 9. The van der Waals surface area contributed by atoms with Gasteiger partial charge in [0.25, 0.3) is 5.89 Å². The molecule has 1 N–H and O–H groups in total. The van der Waals surface area contributed by atoms with Crippen molar-refractivity contribution in [1.29, 1.82) is 0 Å². The van der Waals surface area contributed by atoms with Gasteiger partial charge in [-0.3, -0.25) is 10.1 Å². The lowest BCUT2D eigenvalue weighted by atomic mass is 9.84. The van der Waals surface area contributed by atoms with Gasteiger partial charge in [0.15, 0.2) is 11.5 Å². The number of carbonyl (C=O) groups is 2. The van der Waals surface area contributed by atoms with E-state index in [1.54, 1.807) is 6.92 Å². The number of allylic oxidation sites excluding steroid dienone is 2. The van der Waals surface area contributed by atoms with Gasteiger partial charge < -0.3 is 18.6 Å². The normalized spacial score (nSPS) is 17.2. The maximum Gasteiger partial charge on any atom is 0.412 e. The van der Waals surface area contributed by atoms with Crippen LogP contribution in [0.4, 0.5) is 10.5 Å². The number of nitrogens with one attached hydrogen (secondary N) is 1. The van der Waals surface area contributed by atoms with E-state index >= 15 is 0 Å². The summed E-state index contributed by atoms with van der Waals surface area (Å²) in [5.41, 5.74) is 1.82. The second-order valence-electron chi connectivity index (χ2n) is 8.34. The third-order valence-electron chi connectivity index (χ3n) is 6.07. The molecule has 0 radical (unpaired) electrons. The summed E-state index contributed by atoms with van der Waals surface area (Å²) in [4.78, 5) is 28.8. The predicted octanol–water partition coefficient (Wildman–Crippen LogP) is 5.15. The van der Waals surface area contributed by atoms with Gasteiger partial charge in [-0.25, -0.2) is 4.79 Å². The van der Waals surface area contributed by atoms with E-state index in [4.69, 9.17) is 30.2 Å². The first-order valence-corrected chi connectivity index (χ1v) is 11.9. The monoisotopic (exact) mass is 509 g/mol. The number of ketones is 1. The molecule has 1 unspecified atom stereocenters. The van der Waals surface area contributed by atoms with Gasteiger partial charge in [-0.15, -0.1) is 0 Å². The number of aromatic nitrogens is 2.